The van der Waals surface area contributed by atoms with Crippen molar-refractivity contribution in [3.05, 3.63) is 37.6 Å². The molecule has 0 saturated carbocycles. The van der Waals surface area contributed by atoms with E-state index in [-0.39, 0.29) is 27.3 Å². The summed E-state index contributed by atoms with van der Waals surface area (Å²) in [5, 5.41) is 3.47. The molecular formula is C10H8Cl3N3O2. The molecule has 1 aromatic heterocycles. The fraction of sp³-hybridized carbons (Fsp3) is 0.100. The molecule has 18 heavy (non-hydrogen) atoms. The minimum atomic E-state index is -0.502. The Bertz CT molecular complexity index is 640. The number of anilines is 1. The molecule has 1 heterocycles. The topological polar surface area (TPSA) is 73.0 Å². The molecule has 0 saturated heterocycles. The van der Waals surface area contributed by atoms with Gasteiger partial charge in [-0.2, -0.15) is 0 Å². The summed E-state index contributed by atoms with van der Waals surface area (Å²) >= 11 is 17.8. The molecular weight excluding hydrogens is 300 g/mol. The number of hydrogen-bond donors (Lipinski definition) is 2. The summed E-state index contributed by atoms with van der Waals surface area (Å²) < 4.78 is 6.02. The molecule has 2 rings (SSSR count). The van der Waals surface area contributed by atoms with Gasteiger partial charge in [-0.15, -0.1) is 0 Å². The normalized spacial score (nSPS) is 10.7. The number of aromatic amines is 1. The van der Waals surface area contributed by atoms with Crippen molar-refractivity contribution in [3.63, 3.8) is 0 Å². The zero-order chi connectivity index (χ0) is 13.4. The van der Waals surface area contributed by atoms with Crippen LogP contribution in [0.15, 0.2) is 16.9 Å². The molecule has 0 aliphatic heterocycles. The average Bonchev–Trinajstić information content (AvgIpc) is 2.56. The Morgan fingerprint density at radius 2 is 1.83 bits per heavy atom. The molecule has 1 aromatic carbocycles. The van der Waals surface area contributed by atoms with Gasteiger partial charge in [0.2, 0.25) is 5.88 Å². The number of aromatic nitrogens is 2. The van der Waals surface area contributed by atoms with Crippen LogP contribution in [0.2, 0.25) is 15.1 Å². The number of hydrogen-bond acceptors (Lipinski definition) is 3. The molecule has 0 bridgehead atoms. The Hall–Kier alpha value is -1.30. The number of ether oxygens (including phenoxy) is 1. The number of nitrogen functional groups attached to an aromatic ring is 1. The van der Waals surface area contributed by atoms with E-state index in [0.29, 0.717) is 5.02 Å². The third-order valence-corrected chi connectivity index (χ3v) is 3.10. The van der Waals surface area contributed by atoms with E-state index >= 15 is 0 Å². The van der Waals surface area contributed by atoms with Gasteiger partial charge in [-0.1, -0.05) is 34.8 Å². The summed E-state index contributed by atoms with van der Waals surface area (Å²) in [5.41, 5.74) is 5.29. The molecule has 0 amide bonds. The van der Waals surface area contributed by atoms with Crippen molar-refractivity contribution in [1.29, 1.82) is 0 Å². The second-order valence-electron chi connectivity index (χ2n) is 3.42. The summed E-state index contributed by atoms with van der Waals surface area (Å²) in [5.74, 6) is 0.141. The molecule has 96 valence electrons. The van der Waals surface area contributed by atoms with Gasteiger partial charge in [0, 0.05) is 5.02 Å². The van der Waals surface area contributed by atoms with Crippen LogP contribution in [0.5, 0.6) is 5.88 Å². The van der Waals surface area contributed by atoms with E-state index in [1.165, 1.54) is 19.2 Å². The van der Waals surface area contributed by atoms with Gasteiger partial charge in [0.1, 0.15) is 5.69 Å². The van der Waals surface area contributed by atoms with Crippen molar-refractivity contribution < 1.29 is 4.74 Å². The number of H-pyrrole nitrogens is 1. The smallest absolute Gasteiger partial charge is 0.298 e. The zero-order valence-corrected chi connectivity index (χ0v) is 11.4. The molecule has 0 aliphatic carbocycles. The maximum atomic E-state index is 11.9. The van der Waals surface area contributed by atoms with Gasteiger partial charge >= 0.3 is 0 Å². The standard InChI is InChI=1S/C10H8Cl3N3O2/c1-18-9-7(14)10(17)16(15-9)8-5(12)2-4(11)3-6(8)13/h2-3,15H,14H2,1H3. The molecule has 5 nitrogen and oxygen atoms in total. The van der Waals surface area contributed by atoms with Gasteiger partial charge in [0.25, 0.3) is 5.56 Å². The third-order valence-electron chi connectivity index (χ3n) is 2.30. The van der Waals surface area contributed by atoms with Crippen molar-refractivity contribution in [1.82, 2.24) is 9.78 Å². The maximum absolute atomic E-state index is 11.9. The van der Waals surface area contributed by atoms with Crippen LogP contribution < -0.4 is 16.0 Å². The Morgan fingerprint density at radius 3 is 2.28 bits per heavy atom. The summed E-state index contributed by atoms with van der Waals surface area (Å²) in [7, 11) is 1.39. The van der Waals surface area contributed by atoms with Gasteiger partial charge in [0.15, 0.2) is 5.69 Å². The lowest BCUT2D eigenvalue weighted by atomic mass is 10.3. The van der Waals surface area contributed by atoms with Gasteiger partial charge < -0.3 is 10.5 Å². The van der Waals surface area contributed by atoms with E-state index in [2.05, 4.69) is 5.10 Å². The second kappa shape index (κ2) is 4.76. The molecule has 0 aliphatic rings. The number of halogens is 3. The van der Waals surface area contributed by atoms with Crippen LogP contribution in [-0.4, -0.2) is 16.9 Å². The zero-order valence-electron chi connectivity index (χ0n) is 9.13. The Morgan fingerprint density at radius 1 is 1.28 bits per heavy atom. The number of rotatable bonds is 2. The van der Waals surface area contributed by atoms with Crippen LogP contribution in [0.25, 0.3) is 5.69 Å². The van der Waals surface area contributed by atoms with Crippen molar-refractivity contribution in [2.75, 3.05) is 12.8 Å². The van der Waals surface area contributed by atoms with Crippen LogP contribution in [0.1, 0.15) is 0 Å². The fourth-order valence-corrected chi connectivity index (χ4v) is 2.48. The number of nitrogens with two attached hydrogens (primary N) is 1. The van der Waals surface area contributed by atoms with Crippen molar-refractivity contribution in [2.24, 2.45) is 0 Å². The van der Waals surface area contributed by atoms with Crippen LogP contribution in [0.3, 0.4) is 0 Å². The highest BCUT2D eigenvalue weighted by atomic mass is 35.5. The Labute approximate surface area is 117 Å². The number of nitrogens with zero attached hydrogens (tertiary/aromatic N) is 1. The van der Waals surface area contributed by atoms with Gasteiger partial charge in [-0.25, -0.2) is 4.68 Å². The minimum Gasteiger partial charge on any atom is -0.480 e. The molecule has 8 heteroatoms. The lowest BCUT2D eigenvalue weighted by molar-refractivity contribution is 0.396. The van der Waals surface area contributed by atoms with E-state index in [1.807, 2.05) is 0 Å². The highest BCUT2D eigenvalue weighted by Gasteiger charge is 2.17. The molecule has 0 fully saturated rings. The number of benzene rings is 1. The van der Waals surface area contributed by atoms with Crippen LogP contribution in [0, 0.1) is 0 Å². The summed E-state index contributed by atoms with van der Waals surface area (Å²) in [6, 6.07) is 2.94. The number of methoxy groups -OCH3 is 1. The number of nitrogens with one attached hydrogen (secondary N) is 1. The molecule has 0 atom stereocenters. The average molecular weight is 309 g/mol. The monoisotopic (exact) mass is 307 g/mol. The van der Waals surface area contributed by atoms with E-state index in [1.54, 1.807) is 0 Å². The van der Waals surface area contributed by atoms with Crippen LogP contribution >= 0.6 is 34.8 Å². The SMILES string of the molecule is COc1[nH]n(-c2c(Cl)cc(Cl)cc2Cl)c(=O)c1N. The Balaban J connectivity index is 2.74. The highest BCUT2D eigenvalue weighted by Crippen LogP contribution is 2.32. The highest BCUT2D eigenvalue weighted by molar-refractivity contribution is 6.40. The lowest BCUT2D eigenvalue weighted by Gasteiger charge is -2.07. The second-order valence-corrected chi connectivity index (χ2v) is 4.67. The van der Waals surface area contributed by atoms with Crippen LogP contribution in [0.4, 0.5) is 5.69 Å². The Kier molecular flexibility index (Phi) is 3.47. The molecule has 0 unspecified atom stereocenters. The fourth-order valence-electron chi connectivity index (χ4n) is 1.49. The predicted molar refractivity (Wildman–Crippen MR) is 72.4 cm³/mol. The summed E-state index contributed by atoms with van der Waals surface area (Å²) in [4.78, 5) is 11.9. The minimum absolute atomic E-state index is 0.0559. The summed E-state index contributed by atoms with van der Waals surface area (Å²) in [6.07, 6.45) is 0. The molecule has 0 spiro atoms. The van der Waals surface area contributed by atoms with E-state index < -0.39 is 5.56 Å². The van der Waals surface area contributed by atoms with Crippen LogP contribution in [-0.2, 0) is 0 Å². The first-order chi connectivity index (χ1) is 8.45. The van der Waals surface area contributed by atoms with Gasteiger partial charge in [-0.05, 0) is 12.1 Å². The largest absolute Gasteiger partial charge is 0.480 e. The first-order valence-corrected chi connectivity index (χ1v) is 5.88. The molecule has 2 aromatic rings. The van der Waals surface area contributed by atoms with Crippen molar-refractivity contribution in [3.8, 4) is 11.6 Å². The van der Waals surface area contributed by atoms with E-state index in [9.17, 15) is 4.79 Å². The lowest BCUT2D eigenvalue weighted by Crippen LogP contribution is -2.17. The van der Waals surface area contributed by atoms with Gasteiger partial charge in [-0.3, -0.25) is 9.89 Å². The van der Waals surface area contributed by atoms with Gasteiger partial charge in [0.05, 0.1) is 17.2 Å². The first kappa shape index (κ1) is 13.1. The maximum Gasteiger partial charge on any atom is 0.298 e. The van der Waals surface area contributed by atoms with E-state index in [0.717, 1.165) is 4.68 Å². The third kappa shape index (κ3) is 2.05. The van der Waals surface area contributed by atoms with Crippen molar-refractivity contribution in [2.45, 2.75) is 0 Å². The van der Waals surface area contributed by atoms with E-state index in [4.69, 9.17) is 45.3 Å². The predicted octanol–water partition coefficient (Wildman–Crippen LogP) is 2.72. The molecule has 0 radical (unpaired) electrons. The molecule has 3 N–H and O–H groups in total. The first-order valence-electron chi connectivity index (χ1n) is 4.75. The summed E-state index contributed by atoms with van der Waals surface area (Å²) in [6.45, 7) is 0. The quantitative estimate of drug-likeness (QED) is 0.896. The van der Waals surface area contributed by atoms with Crippen molar-refractivity contribution >= 4 is 40.5 Å².